The first-order valence-corrected chi connectivity index (χ1v) is 11.2. The molecule has 2 N–H and O–H groups in total. The summed E-state index contributed by atoms with van der Waals surface area (Å²) in [6, 6.07) is 14.8. The van der Waals surface area contributed by atoms with Crippen molar-refractivity contribution in [2.24, 2.45) is 0 Å². The molecule has 0 fully saturated rings. The zero-order valence-electron chi connectivity index (χ0n) is 15.8. The fraction of sp³-hybridized carbons (Fsp3) is 0.0909. The Bertz CT molecular complexity index is 1130. The highest BCUT2D eigenvalue weighted by molar-refractivity contribution is 14.1. The molecule has 0 aliphatic rings. The van der Waals surface area contributed by atoms with E-state index in [0.29, 0.717) is 27.1 Å². The maximum Gasteiger partial charge on any atom is 0.250 e. The Morgan fingerprint density at radius 1 is 1.20 bits per heavy atom. The fourth-order valence-corrected chi connectivity index (χ4v) is 3.88. The van der Waals surface area contributed by atoms with Gasteiger partial charge in [0.1, 0.15) is 11.5 Å². The number of amides is 1. The van der Waals surface area contributed by atoms with Crippen LogP contribution in [-0.4, -0.2) is 11.0 Å². The molecule has 1 aromatic heterocycles. The van der Waals surface area contributed by atoms with Gasteiger partial charge in [-0.3, -0.25) is 10.1 Å². The Kier molecular flexibility index (Phi) is 7.93. The molecule has 8 heteroatoms. The summed E-state index contributed by atoms with van der Waals surface area (Å²) in [6.07, 6.45) is 3.76. The first-order chi connectivity index (χ1) is 14.4. The largest absolute Gasteiger partial charge is 0.457 e. The van der Waals surface area contributed by atoms with E-state index in [0.717, 1.165) is 21.2 Å². The molecular weight excluding hydrogens is 554 g/mol. The van der Waals surface area contributed by atoms with Crippen molar-refractivity contribution in [3.05, 3.63) is 79.5 Å². The molecule has 0 atom stereocenters. The van der Waals surface area contributed by atoms with Crippen LogP contribution in [0.1, 0.15) is 18.2 Å². The van der Waals surface area contributed by atoms with Crippen molar-refractivity contribution in [1.82, 2.24) is 5.32 Å². The van der Waals surface area contributed by atoms with Gasteiger partial charge in [0.05, 0.1) is 10.0 Å². The van der Waals surface area contributed by atoms with Gasteiger partial charge in [0.2, 0.25) is 5.91 Å². The Balaban J connectivity index is 1.62. The average molecular weight is 571 g/mol. The van der Waals surface area contributed by atoms with Crippen molar-refractivity contribution < 1.29 is 9.21 Å². The van der Waals surface area contributed by atoms with E-state index in [-0.39, 0.29) is 11.0 Å². The Morgan fingerprint density at radius 2 is 2.00 bits per heavy atom. The van der Waals surface area contributed by atoms with Crippen LogP contribution in [0.4, 0.5) is 5.69 Å². The van der Waals surface area contributed by atoms with Crippen molar-refractivity contribution in [3.63, 3.8) is 0 Å². The lowest BCUT2D eigenvalue weighted by Crippen LogP contribution is -2.33. The second-order valence-electron chi connectivity index (χ2n) is 6.24. The monoisotopic (exact) mass is 570 g/mol. The second kappa shape index (κ2) is 10.4. The summed E-state index contributed by atoms with van der Waals surface area (Å²) in [7, 11) is 0. The van der Waals surface area contributed by atoms with E-state index in [1.165, 1.54) is 6.08 Å². The highest BCUT2D eigenvalue weighted by atomic mass is 127. The van der Waals surface area contributed by atoms with E-state index in [4.69, 9.17) is 39.8 Å². The van der Waals surface area contributed by atoms with Crippen molar-refractivity contribution >= 4 is 80.8 Å². The number of benzene rings is 2. The standard InChI is InChI=1S/C22H17Cl2IN2O2S/c1-2-13-12-14(25)6-9-18(13)26-22(30)27-20(28)11-8-15-7-10-19(29-15)16-4-3-5-17(23)21(16)24/h3-12H,2H2,1H3,(H2,26,27,28,30). The molecule has 0 saturated heterocycles. The fourth-order valence-electron chi connectivity index (χ4n) is 2.72. The van der Waals surface area contributed by atoms with Crippen LogP contribution in [0.2, 0.25) is 10.0 Å². The molecule has 0 spiro atoms. The van der Waals surface area contributed by atoms with Gasteiger partial charge in [0.15, 0.2) is 5.11 Å². The molecule has 2 aromatic carbocycles. The topological polar surface area (TPSA) is 54.3 Å². The van der Waals surface area contributed by atoms with E-state index < -0.39 is 0 Å². The summed E-state index contributed by atoms with van der Waals surface area (Å²) in [5.74, 6) is 0.696. The number of thiocarbonyl (C=S) groups is 1. The normalized spacial score (nSPS) is 10.9. The van der Waals surface area contributed by atoms with Gasteiger partial charge in [0.25, 0.3) is 0 Å². The molecule has 30 heavy (non-hydrogen) atoms. The van der Waals surface area contributed by atoms with Gasteiger partial charge in [-0.25, -0.2) is 0 Å². The molecule has 1 amide bonds. The molecular formula is C22H17Cl2IN2O2S. The van der Waals surface area contributed by atoms with Crippen LogP contribution in [0, 0.1) is 3.57 Å². The lowest BCUT2D eigenvalue weighted by atomic mass is 10.1. The minimum Gasteiger partial charge on any atom is -0.457 e. The molecule has 154 valence electrons. The van der Waals surface area contributed by atoms with E-state index in [2.05, 4.69) is 46.2 Å². The first-order valence-electron chi connectivity index (χ1n) is 9.00. The Hall–Kier alpha value is -1.87. The van der Waals surface area contributed by atoms with Crippen molar-refractivity contribution in [1.29, 1.82) is 0 Å². The highest BCUT2D eigenvalue weighted by Gasteiger charge is 2.11. The van der Waals surface area contributed by atoms with E-state index >= 15 is 0 Å². The number of carbonyl (C=O) groups is 1. The highest BCUT2D eigenvalue weighted by Crippen LogP contribution is 2.34. The molecule has 3 rings (SSSR count). The van der Waals surface area contributed by atoms with Gasteiger partial charge in [-0.05, 0) is 95.3 Å². The van der Waals surface area contributed by atoms with Crippen molar-refractivity contribution in [3.8, 4) is 11.3 Å². The first kappa shape index (κ1) is 22.8. The van der Waals surface area contributed by atoms with Gasteiger partial charge < -0.3 is 9.73 Å². The Morgan fingerprint density at radius 3 is 2.77 bits per heavy atom. The van der Waals surface area contributed by atoms with Gasteiger partial charge in [-0.1, -0.05) is 36.2 Å². The number of rotatable bonds is 5. The van der Waals surface area contributed by atoms with Crippen LogP contribution in [0.5, 0.6) is 0 Å². The van der Waals surface area contributed by atoms with Crippen LogP contribution in [-0.2, 0) is 11.2 Å². The molecule has 0 radical (unpaired) electrons. The lowest BCUT2D eigenvalue weighted by Gasteiger charge is -2.12. The maximum absolute atomic E-state index is 12.2. The molecule has 0 unspecified atom stereocenters. The molecule has 0 aliphatic heterocycles. The number of aryl methyl sites for hydroxylation is 1. The van der Waals surface area contributed by atoms with Crippen LogP contribution in [0.3, 0.4) is 0 Å². The predicted octanol–water partition coefficient (Wildman–Crippen LogP) is 6.95. The van der Waals surface area contributed by atoms with Gasteiger partial charge in [-0.15, -0.1) is 0 Å². The van der Waals surface area contributed by atoms with Crippen LogP contribution in [0.15, 0.2) is 59.0 Å². The smallest absolute Gasteiger partial charge is 0.250 e. The maximum atomic E-state index is 12.2. The number of carbonyl (C=O) groups excluding carboxylic acids is 1. The van der Waals surface area contributed by atoms with Gasteiger partial charge in [0, 0.05) is 20.9 Å². The number of hydrogen-bond acceptors (Lipinski definition) is 3. The third-order valence-electron chi connectivity index (χ3n) is 4.18. The van der Waals surface area contributed by atoms with Gasteiger partial charge >= 0.3 is 0 Å². The quantitative estimate of drug-likeness (QED) is 0.198. The molecule has 0 aliphatic carbocycles. The van der Waals surface area contributed by atoms with E-state index in [1.54, 1.807) is 30.3 Å². The third-order valence-corrected chi connectivity index (χ3v) is 5.87. The molecule has 1 heterocycles. The number of hydrogen-bond donors (Lipinski definition) is 2. The summed E-state index contributed by atoms with van der Waals surface area (Å²) >= 11 is 19.8. The summed E-state index contributed by atoms with van der Waals surface area (Å²) in [5, 5.41) is 6.79. The summed E-state index contributed by atoms with van der Waals surface area (Å²) < 4.78 is 6.88. The number of halogens is 3. The number of nitrogens with one attached hydrogen (secondary N) is 2. The molecule has 0 saturated carbocycles. The number of furan rings is 1. The summed E-state index contributed by atoms with van der Waals surface area (Å²) in [6.45, 7) is 2.06. The van der Waals surface area contributed by atoms with Crippen LogP contribution in [0.25, 0.3) is 17.4 Å². The van der Waals surface area contributed by atoms with E-state index in [1.807, 2.05) is 18.2 Å². The summed E-state index contributed by atoms with van der Waals surface area (Å²) in [5.41, 5.74) is 2.68. The molecule has 3 aromatic rings. The SMILES string of the molecule is CCc1cc(I)ccc1NC(=S)NC(=O)C=Cc1ccc(-c2cccc(Cl)c2Cl)o1. The number of anilines is 1. The third kappa shape index (κ3) is 5.85. The zero-order chi connectivity index (χ0) is 21.7. The van der Waals surface area contributed by atoms with Crippen LogP contribution >= 0.6 is 58.0 Å². The van der Waals surface area contributed by atoms with Gasteiger partial charge in [-0.2, -0.15) is 0 Å². The van der Waals surface area contributed by atoms with E-state index in [9.17, 15) is 4.79 Å². The predicted molar refractivity (Wildman–Crippen MR) is 136 cm³/mol. The molecule has 4 nitrogen and oxygen atoms in total. The summed E-state index contributed by atoms with van der Waals surface area (Å²) in [4.78, 5) is 12.2. The second-order valence-corrected chi connectivity index (χ2v) is 8.67. The van der Waals surface area contributed by atoms with Crippen molar-refractivity contribution in [2.75, 3.05) is 5.32 Å². The Labute approximate surface area is 203 Å². The average Bonchev–Trinajstić information content (AvgIpc) is 3.18. The lowest BCUT2D eigenvalue weighted by molar-refractivity contribution is -0.115. The van der Waals surface area contributed by atoms with Crippen LogP contribution < -0.4 is 10.6 Å². The minimum atomic E-state index is -0.366. The minimum absolute atomic E-state index is 0.228. The van der Waals surface area contributed by atoms with Crippen molar-refractivity contribution in [2.45, 2.75) is 13.3 Å². The molecule has 0 bridgehead atoms. The zero-order valence-corrected chi connectivity index (χ0v) is 20.3.